The molecule has 4 aromatic heterocycles. The number of nitriles is 1. The first-order chi connectivity index (χ1) is 21.4. The molecule has 0 bridgehead atoms. The second-order valence-corrected chi connectivity index (χ2v) is 12.7. The minimum atomic E-state index is -0.357. The maximum Gasteiger partial charge on any atom is 0.247 e. The molecule has 1 aliphatic carbocycles. The number of nitrogens with zero attached hydrogens (tertiary/aromatic N) is 11. The Bertz CT molecular complexity index is 1660. The van der Waals surface area contributed by atoms with Gasteiger partial charge in [-0.25, -0.2) is 4.52 Å². The van der Waals surface area contributed by atoms with Gasteiger partial charge in [0.1, 0.15) is 12.1 Å². The van der Waals surface area contributed by atoms with Gasteiger partial charge in [-0.1, -0.05) is 6.92 Å². The van der Waals surface area contributed by atoms with Gasteiger partial charge >= 0.3 is 0 Å². The molecule has 0 unspecified atom stereocenters. The maximum absolute atomic E-state index is 13.0. The van der Waals surface area contributed by atoms with Gasteiger partial charge in [-0.05, 0) is 62.8 Å². The second-order valence-electron chi connectivity index (χ2n) is 12.7. The van der Waals surface area contributed by atoms with E-state index >= 15 is 0 Å². The van der Waals surface area contributed by atoms with E-state index in [0.29, 0.717) is 31.5 Å². The van der Waals surface area contributed by atoms with Crippen LogP contribution in [0.1, 0.15) is 44.6 Å². The van der Waals surface area contributed by atoms with Gasteiger partial charge in [0, 0.05) is 57.4 Å². The van der Waals surface area contributed by atoms with Crippen LogP contribution in [0.2, 0.25) is 0 Å². The number of carbonyl (C=O) groups is 1. The van der Waals surface area contributed by atoms with Crippen LogP contribution in [0.3, 0.4) is 0 Å². The Labute approximate surface area is 257 Å². The molecule has 44 heavy (non-hydrogen) atoms. The normalized spacial score (nSPS) is 18.5. The summed E-state index contributed by atoms with van der Waals surface area (Å²) in [4.78, 5) is 24.5. The first kappa shape index (κ1) is 28.3. The lowest BCUT2D eigenvalue weighted by Gasteiger charge is -2.50. The van der Waals surface area contributed by atoms with Gasteiger partial charge < -0.3 is 20.0 Å². The zero-order chi connectivity index (χ0) is 30.3. The first-order valence-electron chi connectivity index (χ1n) is 15.7. The van der Waals surface area contributed by atoms with E-state index in [4.69, 9.17) is 4.98 Å². The molecule has 3 fully saturated rings. The van der Waals surface area contributed by atoms with Gasteiger partial charge in [0.15, 0.2) is 5.65 Å². The van der Waals surface area contributed by atoms with Gasteiger partial charge in [-0.2, -0.15) is 20.4 Å². The number of anilines is 3. The van der Waals surface area contributed by atoms with Gasteiger partial charge in [0.2, 0.25) is 11.9 Å². The first-order valence-corrected chi connectivity index (χ1v) is 15.7. The average Bonchev–Trinajstić information content (AvgIpc) is 3.35. The molecule has 13 heteroatoms. The maximum atomic E-state index is 13.0. The van der Waals surface area contributed by atoms with Crippen LogP contribution in [0.25, 0.3) is 5.65 Å². The Morgan fingerprint density at radius 2 is 1.98 bits per heavy atom. The molecular weight excluding hydrogens is 556 g/mol. The van der Waals surface area contributed by atoms with Crippen molar-refractivity contribution >= 4 is 28.9 Å². The van der Waals surface area contributed by atoms with Crippen LogP contribution in [0, 0.1) is 17.2 Å². The molecule has 0 atom stereocenters. The number of aromatic nitrogens is 7. The Morgan fingerprint density at radius 1 is 1.16 bits per heavy atom. The number of aryl methyl sites for hydroxylation is 1. The third-order valence-electron chi connectivity index (χ3n) is 9.46. The average molecular weight is 597 g/mol. The van der Waals surface area contributed by atoms with E-state index in [1.165, 1.54) is 19.4 Å². The van der Waals surface area contributed by atoms with E-state index in [1.54, 1.807) is 15.4 Å². The summed E-state index contributed by atoms with van der Waals surface area (Å²) in [5.74, 6) is 1.43. The summed E-state index contributed by atoms with van der Waals surface area (Å²) < 4.78 is 5.39. The zero-order valence-electron chi connectivity index (χ0n) is 25.5. The van der Waals surface area contributed by atoms with Crippen molar-refractivity contribution in [3.8, 4) is 6.07 Å². The van der Waals surface area contributed by atoms with Crippen LogP contribution >= 0.6 is 0 Å². The second kappa shape index (κ2) is 11.6. The smallest absolute Gasteiger partial charge is 0.247 e. The highest BCUT2D eigenvalue weighted by atomic mass is 16.2. The molecule has 0 spiro atoms. The Kier molecular flexibility index (Phi) is 7.45. The van der Waals surface area contributed by atoms with Crippen molar-refractivity contribution in [2.24, 2.45) is 5.92 Å². The number of hydrogen-bond donors (Lipinski definition) is 1. The van der Waals surface area contributed by atoms with Gasteiger partial charge in [-0.3, -0.25) is 14.2 Å². The van der Waals surface area contributed by atoms with Crippen molar-refractivity contribution in [2.45, 2.75) is 63.6 Å². The molecule has 4 aromatic rings. The lowest BCUT2D eigenvalue weighted by atomic mass is 9.86. The SMILES string of the molecule is CCc1cnn(C2(CC#N)CN(c3cccn4nc(Nc5cnn(CC(=O)N6CCC(N(C)CC7CC7)CC6)c5)nc34)C2)c1. The van der Waals surface area contributed by atoms with Crippen LogP contribution in [0.15, 0.2) is 43.1 Å². The fourth-order valence-electron chi connectivity index (χ4n) is 6.61. The van der Waals surface area contributed by atoms with Gasteiger partial charge in [-0.15, -0.1) is 5.10 Å². The van der Waals surface area contributed by atoms with E-state index < -0.39 is 0 Å². The number of likely N-dealkylation sites (tertiary alicyclic amines) is 1. The van der Waals surface area contributed by atoms with Crippen molar-refractivity contribution < 1.29 is 4.79 Å². The van der Waals surface area contributed by atoms with Gasteiger partial charge in [0.25, 0.3) is 0 Å². The summed E-state index contributed by atoms with van der Waals surface area (Å²) in [6, 6.07) is 6.91. The topological polar surface area (TPSA) is 128 Å². The van der Waals surface area contributed by atoms with Crippen molar-refractivity contribution in [3.05, 3.63) is 48.7 Å². The molecule has 6 heterocycles. The molecule has 2 saturated heterocycles. The number of rotatable bonds is 11. The highest BCUT2D eigenvalue weighted by Gasteiger charge is 2.46. The quantitative estimate of drug-likeness (QED) is 0.278. The molecule has 0 aromatic carbocycles. The highest BCUT2D eigenvalue weighted by molar-refractivity contribution is 5.76. The van der Waals surface area contributed by atoms with E-state index in [9.17, 15) is 10.1 Å². The van der Waals surface area contributed by atoms with Crippen LogP contribution in [-0.4, -0.2) is 95.7 Å². The van der Waals surface area contributed by atoms with Crippen molar-refractivity contribution in [1.82, 2.24) is 44.0 Å². The minimum Gasteiger partial charge on any atom is -0.363 e. The predicted octanol–water partition coefficient (Wildman–Crippen LogP) is 2.89. The summed E-state index contributed by atoms with van der Waals surface area (Å²) in [5.41, 5.74) is 3.20. The molecule has 13 nitrogen and oxygen atoms in total. The Morgan fingerprint density at radius 3 is 2.70 bits per heavy atom. The van der Waals surface area contributed by atoms with E-state index in [2.05, 4.69) is 56.7 Å². The molecule has 1 saturated carbocycles. The van der Waals surface area contributed by atoms with Gasteiger partial charge in [0.05, 0.1) is 36.3 Å². The predicted molar refractivity (Wildman–Crippen MR) is 165 cm³/mol. The van der Waals surface area contributed by atoms with E-state index in [-0.39, 0.29) is 18.0 Å². The number of pyridine rings is 1. The van der Waals surface area contributed by atoms with Crippen molar-refractivity contribution in [1.29, 1.82) is 5.26 Å². The highest BCUT2D eigenvalue weighted by Crippen LogP contribution is 2.37. The standard InChI is InChI=1S/C31H40N12O/c1-3-23-15-34-43(18-23)31(10-11-32)21-40(22-31)27-5-4-12-42-29(27)36-30(37-42)35-25-16-33-41(19-25)20-28(44)39-13-8-26(9-14-39)38(2)17-24-6-7-24/h4-5,12,15-16,18-19,24,26H,3,6-10,13-14,17,20-22H2,1-2H3,(H,35,37). The summed E-state index contributed by atoms with van der Waals surface area (Å²) in [7, 11) is 2.23. The fourth-order valence-corrected chi connectivity index (χ4v) is 6.61. The summed E-state index contributed by atoms with van der Waals surface area (Å²) >= 11 is 0. The molecular formula is C31H40N12O. The molecule has 2 aliphatic heterocycles. The molecule has 230 valence electrons. The van der Waals surface area contributed by atoms with E-state index in [1.807, 2.05) is 40.3 Å². The minimum absolute atomic E-state index is 0.0986. The number of hydrogen-bond acceptors (Lipinski definition) is 9. The van der Waals surface area contributed by atoms with Crippen molar-refractivity contribution in [2.75, 3.05) is 50.0 Å². The molecule has 3 aliphatic rings. The molecule has 1 amide bonds. The lowest BCUT2D eigenvalue weighted by molar-refractivity contribution is -0.133. The van der Waals surface area contributed by atoms with Crippen molar-refractivity contribution in [3.63, 3.8) is 0 Å². The number of piperidine rings is 1. The molecule has 1 N–H and O–H groups in total. The third-order valence-corrected chi connectivity index (χ3v) is 9.46. The summed E-state index contributed by atoms with van der Waals surface area (Å²) in [5, 5.41) is 26.4. The molecule has 7 rings (SSSR count). The largest absolute Gasteiger partial charge is 0.363 e. The van der Waals surface area contributed by atoms with Crippen LogP contribution in [0.5, 0.6) is 0 Å². The summed E-state index contributed by atoms with van der Waals surface area (Å²) in [6.07, 6.45) is 15.4. The van der Waals surface area contributed by atoms with Crippen LogP contribution in [-0.2, 0) is 23.3 Å². The lowest BCUT2D eigenvalue weighted by Crippen LogP contribution is -2.63. The summed E-state index contributed by atoms with van der Waals surface area (Å²) in [6.45, 7) is 6.43. The number of amides is 1. The fraction of sp³-hybridized carbons (Fsp3) is 0.548. The Balaban J connectivity index is 0.968. The number of fused-ring (bicyclic) bond motifs is 1. The zero-order valence-corrected chi connectivity index (χ0v) is 25.5. The van der Waals surface area contributed by atoms with Crippen LogP contribution < -0.4 is 10.2 Å². The molecule has 0 radical (unpaired) electrons. The van der Waals surface area contributed by atoms with E-state index in [0.717, 1.165) is 60.9 Å². The number of carbonyl (C=O) groups excluding carboxylic acids is 1. The monoisotopic (exact) mass is 596 g/mol. The van der Waals surface area contributed by atoms with Crippen LogP contribution in [0.4, 0.5) is 17.3 Å². The number of nitrogens with one attached hydrogen (secondary N) is 1. The third kappa shape index (κ3) is 5.61. The Hall–Kier alpha value is -4.44.